The predicted molar refractivity (Wildman–Crippen MR) is 145 cm³/mol. The van der Waals surface area contributed by atoms with Gasteiger partial charge in [-0.1, -0.05) is 30.7 Å². The quantitative estimate of drug-likeness (QED) is 0.350. The molecule has 0 radical (unpaired) electrons. The van der Waals surface area contributed by atoms with Gasteiger partial charge in [0.05, 0.1) is 12.0 Å². The highest BCUT2D eigenvalue weighted by Gasteiger charge is 2.46. The summed E-state index contributed by atoms with van der Waals surface area (Å²) in [6, 6.07) is -0.0889. The van der Waals surface area contributed by atoms with E-state index in [4.69, 9.17) is 11.6 Å². The van der Waals surface area contributed by atoms with Crippen molar-refractivity contribution in [1.82, 2.24) is 15.5 Å². The highest BCUT2D eigenvalue weighted by atomic mass is 35.5. The normalized spacial score (nSPS) is 27.3. The van der Waals surface area contributed by atoms with Gasteiger partial charge in [0.2, 0.25) is 11.8 Å². The van der Waals surface area contributed by atoms with Crippen molar-refractivity contribution in [2.45, 2.75) is 84.0 Å². The van der Waals surface area contributed by atoms with Crippen LogP contribution >= 0.6 is 11.6 Å². The third-order valence-electron chi connectivity index (χ3n) is 7.67. The van der Waals surface area contributed by atoms with Crippen molar-refractivity contribution in [3.05, 3.63) is 46.8 Å². The Labute approximate surface area is 225 Å². The van der Waals surface area contributed by atoms with E-state index in [1.165, 1.54) is 6.08 Å². The number of carbonyl (C=O) groups excluding carboxylic acids is 2. The molecule has 3 rings (SSSR count). The topological polar surface area (TPSA) is 61.4 Å². The highest BCUT2D eigenvalue weighted by molar-refractivity contribution is 6.29. The Morgan fingerprint density at radius 2 is 1.97 bits per heavy atom. The van der Waals surface area contributed by atoms with E-state index in [2.05, 4.69) is 36.3 Å². The fraction of sp³-hybridized carbons (Fsp3) is 0.655. The van der Waals surface area contributed by atoms with Crippen LogP contribution in [0.3, 0.4) is 0 Å². The van der Waals surface area contributed by atoms with E-state index in [0.717, 1.165) is 35.9 Å². The van der Waals surface area contributed by atoms with Gasteiger partial charge in [0.15, 0.2) is 0 Å². The average molecular weight is 538 g/mol. The molecule has 3 unspecified atom stereocenters. The monoisotopic (exact) mass is 537 g/mol. The molecule has 2 N–H and O–H groups in total. The van der Waals surface area contributed by atoms with Crippen molar-refractivity contribution in [1.29, 1.82) is 0 Å². The Hall–Kier alpha value is -1.99. The molecular weight excluding hydrogens is 496 g/mol. The number of hydrogen-bond acceptors (Lipinski definition) is 3. The largest absolute Gasteiger partial charge is 0.356 e. The first-order chi connectivity index (χ1) is 17.5. The standard InChI is InChI=1S/C29H42ClF2N3O2/c1-5-7-27(36)34-26(19-9-11-20(30)12-10-19)8-6-15-33-28(37)24-18-35(29(2,3)4)17-23(24)22-14-13-21(31)16-25(22)32/h9,11,13-14,16,22-26H,5-8,10,12,15,17-18H2,1-4H3,(H,33,37)(H,34,36)/t22?,23-,24?,25?,26-/m0/s1. The number of hydrogen-bond donors (Lipinski definition) is 2. The van der Waals surface area contributed by atoms with E-state index in [1.807, 2.05) is 19.1 Å². The van der Waals surface area contributed by atoms with E-state index >= 15 is 0 Å². The van der Waals surface area contributed by atoms with Crippen molar-refractivity contribution >= 4 is 23.4 Å². The Bertz CT molecular complexity index is 953. The smallest absolute Gasteiger partial charge is 0.224 e. The van der Waals surface area contributed by atoms with Crippen LogP contribution in [0.2, 0.25) is 0 Å². The van der Waals surface area contributed by atoms with Gasteiger partial charge in [-0.15, -0.1) is 0 Å². The summed E-state index contributed by atoms with van der Waals surface area (Å²) in [4.78, 5) is 27.8. The number of allylic oxidation sites excluding steroid dienone is 7. The molecule has 37 heavy (non-hydrogen) atoms. The third kappa shape index (κ3) is 8.25. The first-order valence-electron chi connectivity index (χ1n) is 13.6. The molecule has 1 fully saturated rings. The summed E-state index contributed by atoms with van der Waals surface area (Å²) >= 11 is 6.12. The van der Waals surface area contributed by atoms with Crippen LogP contribution in [0.1, 0.15) is 66.2 Å². The highest BCUT2D eigenvalue weighted by Crippen LogP contribution is 2.39. The minimum Gasteiger partial charge on any atom is -0.356 e. The molecule has 206 valence electrons. The van der Waals surface area contributed by atoms with Gasteiger partial charge in [0.25, 0.3) is 0 Å². The molecule has 0 saturated carbocycles. The van der Waals surface area contributed by atoms with Crippen LogP contribution in [0.15, 0.2) is 46.8 Å². The van der Waals surface area contributed by atoms with Gasteiger partial charge in [-0.3, -0.25) is 14.5 Å². The van der Waals surface area contributed by atoms with Gasteiger partial charge in [-0.25, -0.2) is 8.78 Å². The van der Waals surface area contributed by atoms with E-state index in [0.29, 0.717) is 38.9 Å². The zero-order chi connectivity index (χ0) is 27.2. The number of halogens is 3. The van der Waals surface area contributed by atoms with Gasteiger partial charge < -0.3 is 10.6 Å². The molecule has 1 saturated heterocycles. The van der Waals surface area contributed by atoms with E-state index < -0.39 is 17.9 Å². The molecule has 1 heterocycles. The molecule has 3 aliphatic rings. The summed E-state index contributed by atoms with van der Waals surface area (Å²) in [7, 11) is 0. The zero-order valence-electron chi connectivity index (χ0n) is 22.5. The Balaban J connectivity index is 1.61. The Kier molecular flexibility index (Phi) is 10.5. The van der Waals surface area contributed by atoms with Crippen LogP contribution < -0.4 is 10.6 Å². The number of likely N-dealkylation sites (tertiary alicyclic amines) is 1. The number of nitrogens with zero attached hydrogens (tertiary/aromatic N) is 1. The molecule has 5 nitrogen and oxygen atoms in total. The summed E-state index contributed by atoms with van der Waals surface area (Å²) in [5.41, 5.74) is 0.989. The van der Waals surface area contributed by atoms with E-state index in [-0.39, 0.29) is 35.2 Å². The maximum Gasteiger partial charge on any atom is 0.224 e. The fourth-order valence-electron chi connectivity index (χ4n) is 5.46. The summed E-state index contributed by atoms with van der Waals surface area (Å²) in [5, 5.41) is 7.02. The van der Waals surface area contributed by atoms with Crippen molar-refractivity contribution in [2.75, 3.05) is 19.6 Å². The van der Waals surface area contributed by atoms with Crippen molar-refractivity contribution < 1.29 is 18.4 Å². The Morgan fingerprint density at radius 1 is 1.22 bits per heavy atom. The van der Waals surface area contributed by atoms with E-state index in [1.54, 1.807) is 6.08 Å². The molecule has 0 aromatic rings. The number of carbonyl (C=O) groups is 2. The van der Waals surface area contributed by atoms with Crippen LogP contribution in [0.4, 0.5) is 8.78 Å². The van der Waals surface area contributed by atoms with Crippen LogP contribution in [0.5, 0.6) is 0 Å². The molecule has 0 bridgehead atoms. The maximum atomic E-state index is 14.8. The molecule has 2 amide bonds. The summed E-state index contributed by atoms with van der Waals surface area (Å²) in [6.45, 7) is 9.83. The SMILES string of the molecule is CCCC(=O)N[C@@H](CCCNC(=O)C1CN(C(C)(C)C)C[C@H]1C1C=CC(F)=CC1F)C1=CC=C(Cl)CC1. The van der Waals surface area contributed by atoms with Crippen molar-refractivity contribution in [3.8, 4) is 0 Å². The second-order valence-electron chi connectivity index (χ2n) is 11.4. The summed E-state index contributed by atoms with van der Waals surface area (Å²) < 4.78 is 28.4. The number of rotatable bonds is 10. The van der Waals surface area contributed by atoms with Gasteiger partial charge in [-0.2, -0.15) is 0 Å². The van der Waals surface area contributed by atoms with Crippen LogP contribution in [0.25, 0.3) is 0 Å². The zero-order valence-corrected chi connectivity index (χ0v) is 23.3. The molecule has 1 aliphatic heterocycles. The molecule has 2 aliphatic carbocycles. The lowest BCUT2D eigenvalue weighted by atomic mass is 9.79. The van der Waals surface area contributed by atoms with Crippen LogP contribution in [-0.2, 0) is 9.59 Å². The first kappa shape index (κ1) is 29.6. The van der Waals surface area contributed by atoms with Crippen molar-refractivity contribution in [3.63, 3.8) is 0 Å². The maximum absolute atomic E-state index is 14.8. The molecular formula is C29H42ClF2N3O2. The van der Waals surface area contributed by atoms with Gasteiger partial charge in [0.1, 0.15) is 12.0 Å². The minimum atomic E-state index is -1.44. The lowest BCUT2D eigenvalue weighted by molar-refractivity contribution is -0.126. The second-order valence-corrected chi connectivity index (χ2v) is 11.9. The van der Waals surface area contributed by atoms with Crippen LogP contribution in [0, 0.1) is 17.8 Å². The van der Waals surface area contributed by atoms with Crippen LogP contribution in [-0.4, -0.2) is 54.1 Å². The van der Waals surface area contributed by atoms with Gasteiger partial charge in [0, 0.05) is 42.5 Å². The van der Waals surface area contributed by atoms with Crippen molar-refractivity contribution in [2.24, 2.45) is 17.8 Å². The summed E-state index contributed by atoms with van der Waals surface area (Å²) in [6.07, 6.45) is 10.6. The molecule has 0 spiro atoms. The third-order valence-corrected chi connectivity index (χ3v) is 7.98. The number of amides is 2. The predicted octanol–water partition coefficient (Wildman–Crippen LogP) is 5.73. The second kappa shape index (κ2) is 13.2. The number of nitrogens with one attached hydrogen (secondary N) is 2. The minimum absolute atomic E-state index is 0.0287. The fourth-order valence-corrected chi connectivity index (χ4v) is 5.62. The molecule has 5 atom stereocenters. The van der Waals surface area contributed by atoms with Gasteiger partial charge >= 0.3 is 0 Å². The number of alkyl halides is 1. The Morgan fingerprint density at radius 3 is 2.59 bits per heavy atom. The lowest BCUT2D eigenvalue weighted by Crippen LogP contribution is -2.41. The summed E-state index contributed by atoms with van der Waals surface area (Å²) in [5.74, 6) is -1.78. The van der Waals surface area contributed by atoms with Gasteiger partial charge in [-0.05, 0) is 82.6 Å². The molecule has 0 aromatic carbocycles. The molecule has 8 heteroatoms. The molecule has 0 aromatic heterocycles. The first-order valence-corrected chi connectivity index (χ1v) is 13.9. The average Bonchev–Trinajstić information content (AvgIpc) is 3.27. The lowest BCUT2D eigenvalue weighted by Gasteiger charge is -2.32. The van der Waals surface area contributed by atoms with E-state index in [9.17, 15) is 18.4 Å².